The van der Waals surface area contributed by atoms with Crippen molar-refractivity contribution in [2.45, 2.75) is 39.0 Å². The predicted molar refractivity (Wildman–Crippen MR) is 57.9 cm³/mol. The molecule has 2 aliphatic rings. The normalized spacial score (nSPS) is 39.2. The average Bonchev–Trinajstić information content (AvgIpc) is 2.78. The van der Waals surface area contributed by atoms with Gasteiger partial charge in [0.25, 0.3) is 0 Å². The Hall–Kier alpha value is -0.590. The second-order valence-corrected chi connectivity index (χ2v) is 4.82. The standard InChI is InChI=1S/C13H20O/c1-2-3-4-5-12-10-6-7-11(8-10)13(12)9-14/h6-7,9-13H,2-5,8H2,1H3/t10-,11+,12+,13+/m1/s1. The molecule has 78 valence electrons. The van der Waals surface area contributed by atoms with Crippen LogP contribution in [-0.2, 0) is 4.79 Å². The van der Waals surface area contributed by atoms with Gasteiger partial charge in [-0.15, -0.1) is 0 Å². The summed E-state index contributed by atoms with van der Waals surface area (Å²) in [5.74, 6) is 2.34. The second-order valence-electron chi connectivity index (χ2n) is 4.82. The monoisotopic (exact) mass is 192 g/mol. The predicted octanol–water partition coefficient (Wildman–Crippen LogP) is 3.20. The number of aldehydes is 1. The number of fused-ring (bicyclic) bond motifs is 2. The van der Waals surface area contributed by atoms with E-state index in [0.717, 1.165) is 5.92 Å². The maximum Gasteiger partial charge on any atom is 0.123 e. The van der Waals surface area contributed by atoms with Crippen LogP contribution >= 0.6 is 0 Å². The SMILES string of the molecule is CCCCC[C@@H]1[C@@H](C=O)[C@H]2C=C[C@@H]1C2. The molecule has 1 nitrogen and oxygen atoms in total. The van der Waals surface area contributed by atoms with E-state index in [4.69, 9.17) is 0 Å². The fourth-order valence-corrected chi connectivity index (χ4v) is 3.20. The molecule has 14 heavy (non-hydrogen) atoms. The maximum atomic E-state index is 11.0. The summed E-state index contributed by atoms with van der Waals surface area (Å²) in [6, 6.07) is 0. The van der Waals surface area contributed by atoms with Gasteiger partial charge in [0.2, 0.25) is 0 Å². The van der Waals surface area contributed by atoms with Crippen LogP contribution in [0.2, 0.25) is 0 Å². The molecule has 0 N–H and O–H groups in total. The molecule has 2 rings (SSSR count). The van der Waals surface area contributed by atoms with Crippen molar-refractivity contribution < 1.29 is 4.79 Å². The van der Waals surface area contributed by atoms with Crippen LogP contribution in [0.3, 0.4) is 0 Å². The maximum absolute atomic E-state index is 11.0. The van der Waals surface area contributed by atoms with E-state index in [1.165, 1.54) is 38.4 Å². The molecule has 1 saturated carbocycles. The molecule has 2 aliphatic carbocycles. The van der Waals surface area contributed by atoms with Gasteiger partial charge >= 0.3 is 0 Å². The first-order valence-electron chi connectivity index (χ1n) is 6.00. The molecule has 0 unspecified atom stereocenters. The highest BCUT2D eigenvalue weighted by molar-refractivity contribution is 5.57. The Morgan fingerprint density at radius 3 is 2.79 bits per heavy atom. The Balaban J connectivity index is 1.90. The molecule has 4 atom stereocenters. The van der Waals surface area contributed by atoms with Crippen molar-refractivity contribution in [1.29, 1.82) is 0 Å². The van der Waals surface area contributed by atoms with Gasteiger partial charge in [0, 0.05) is 5.92 Å². The summed E-state index contributed by atoms with van der Waals surface area (Å²) in [6.45, 7) is 2.23. The van der Waals surface area contributed by atoms with Crippen molar-refractivity contribution in [3.8, 4) is 0 Å². The number of hydrogen-bond acceptors (Lipinski definition) is 1. The summed E-state index contributed by atoms with van der Waals surface area (Å²) >= 11 is 0. The van der Waals surface area contributed by atoms with Crippen LogP contribution in [-0.4, -0.2) is 6.29 Å². The molecule has 0 aromatic heterocycles. The van der Waals surface area contributed by atoms with Gasteiger partial charge in [0.1, 0.15) is 6.29 Å². The minimum Gasteiger partial charge on any atom is -0.303 e. The molecule has 1 fully saturated rings. The van der Waals surface area contributed by atoms with Crippen molar-refractivity contribution >= 4 is 6.29 Å². The lowest BCUT2D eigenvalue weighted by Gasteiger charge is -2.23. The minimum absolute atomic E-state index is 0.349. The van der Waals surface area contributed by atoms with Gasteiger partial charge in [0.15, 0.2) is 0 Å². The van der Waals surface area contributed by atoms with E-state index in [9.17, 15) is 4.79 Å². The van der Waals surface area contributed by atoms with Gasteiger partial charge in [-0.2, -0.15) is 0 Å². The zero-order valence-corrected chi connectivity index (χ0v) is 8.99. The third-order valence-corrected chi connectivity index (χ3v) is 3.99. The number of carbonyl (C=O) groups is 1. The first kappa shape index (κ1) is 9.95. The lowest BCUT2D eigenvalue weighted by molar-refractivity contribution is -0.113. The number of carbonyl (C=O) groups excluding carboxylic acids is 1. The minimum atomic E-state index is 0.349. The number of allylic oxidation sites excluding steroid dienone is 2. The zero-order valence-electron chi connectivity index (χ0n) is 8.99. The van der Waals surface area contributed by atoms with Crippen LogP contribution < -0.4 is 0 Å². The Kier molecular flexibility index (Phi) is 3.05. The van der Waals surface area contributed by atoms with Gasteiger partial charge in [-0.25, -0.2) is 0 Å². The van der Waals surface area contributed by atoms with Gasteiger partial charge in [-0.3, -0.25) is 0 Å². The summed E-state index contributed by atoms with van der Waals surface area (Å²) in [6.07, 6.45) is 12.3. The van der Waals surface area contributed by atoms with E-state index in [-0.39, 0.29) is 0 Å². The molecule has 0 spiro atoms. The highest BCUT2D eigenvalue weighted by Crippen LogP contribution is 2.48. The smallest absolute Gasteiger partial charge is 0.123 e. The van der Waals surface area contributed by atoms with E-state index in [2.05, 4.69) is 19.1 Å². The van der Waals surface area contributed by atoms with Crippen LogP contribution in [0.4, 0.5) is 0 Å². The first-order valence-corrected chi connectivity index (χ1v) is 6.00. The van der Waals surface area contributed by atoms with Gasteiger partial charge in [-0.05, 0) is 30.6 Å². The number of hydrogen-bond donors (Lipinski definition) is 0. The quantitative estimate of drug-likeness (QED) is 0.371. The molecular formula is C13H20O. The molecule has 0 radical (unpaired) electrons. The van der Waals surface area contributed by atoms with Crippen LogP contribution in [0.5, 0.6) is 0 Å². The average molecular weight is 192 g/mol. The van der Waals surface area contributed by atoms with Crippen molar-refractivity contribution in [3.05, 3.63) is 12.2 Å². The van der Waals surface area contributed by atoms with E-state index in [0.29, 0.717) is 17.8 Å². The number of unbranched alkanes of at least 4 members (excludes halogenated alkanes) is 2. The summed E-state index contributed by atoms with van der Waals surface area (Å²) in [5, 5.41) is 0. The topological polar surface area (TPSA) is 17.1 Å². The Bertz CT molecular complexity index is 231. The van der Waals surface area contributed by atoms with Crippen LogP contribution in [0, 0.1) is 23.7 Å². The van der Waals surface area contributed by atoms with Crippen molar-refractivity contribution in [3.63, 3.8) is 0 Å². The van der Waals surface area contributed by atoms with E-state index in [1.54, 1.807) is 0 Å². The fraction of sp³-hybridized carbons (Fsp3) is 0.769. The van der Waals surface area contributed by atoms with Crippen LogP contribution in [0.25, 0.3) is 0 Å². The Morgan fingerprint density at radius 1 is 1.29 bits per heavy atom. The molecule has 0 aromatic carbocycles. The molecule has 0 aromatic rings. The molecule has 0 saturated heterocycles. The largest absolute Gasteiger partial charge is 0.303 e. The second kappa shape index (κ2) is 4.29. The van der Waals surface area contributed by atoms with E-state index < -0.39 is 0 Å². The summed E-state index contributed by atoms with van der Waals surface area (Å²) < 4.78 is 0. The summed E-state index contributed by atoms with van der Waals surface area (Å²) in [5.41, 5.74) is 0. The van der Waals surface area contributed by atoms with Gasteiger partial charge in [0.05, 0.1) is 0 Å². The Morgan fingerprint density at radius 2 is 2.07 bits per heavy atom. The molecular weight excluding hydrogens is 172 g/mol. The molecule has 0 heterocycles. The third-order valence-electron chi connectivity index (χ3n) is 3.99. The molecule has 2 bridgehead atoms. The van der Waals surface area contributed by atoms with Gasteiger partial charge in [-0.1, -0.05) is 38.3 Å². The fourth-order valence-electron chi connectivity index (χ4n) is 3.20. The molecule has 1 heteroatoms. The highest BCUT2D eigenvalue weighted by atomic mass is 16.1. The van der Waals surface area contributed by atoms with Crippen LogP contribution in [0.1, 0.15) is 39.0 Å². The van der Waals surface area contributed by atoms with E-state index >= 15 is 0 Å². The van der Waals surface area contributed by atoms with Crippen LogP contribution in [0.15, 0.2) is 12.2 Å². The molecule has 0 aliphatic heterocycles. The lowest BCUT2D eigenvalue weighted by atomic mass is 9.81. The van der Waals surface area contributed by atoms with E-state index in [1.807, 2.05) is 0 Å². The summed E-state index contributed by atoms with van der Waals surface area (Å²) in [4.78, 5) is 11.0. The van der Waals surface area contributed by atoms with Gasteiger partial charge < -0.3 is 4.79 Å². The molecule has 0 amide bonds. The summed E-state index contributed by atoms with van der Waals surface area (Å²) in [7, 11) is 0. The third kappa shape index (κ3) is 1.65. The Labute approximate surface area is 86.6 Å². The van der Waals surface area contributed by atoms with Crippen molar-refractivity contribution in [2.24, 2.45) is 23.7 Å². The lowest BCUT2D eigenvalue weighted by Crippen LogP contribution is -2.20. The highest BCUT2D eigenvalue weighted by Gasteiger charge is 2.43. The number of rotatable bonds is 5. The zero-order chi connectivity index (χ0) is 9.97. The van der Waals surface area contributed by atoms with Crippen molar-refractivity contribution in [2.75, 3.05) is 0 Å². The first-order chi connectivity index (χ1) is 6.86. The van der Waals surface area contributed by atoms with Crippen molar-refractivity contribution in [1.82, 2.24) is 0 Å².